The van der Waals surface area contributed by atoms with Crippen LogP contribution in [-0.2, 0) is 9.59 Å². The fourth-order valence-corrected chi connectivity index (χ4v) is 4.24. The van der Waals surface area contributed by atoms with Crippen LogP contribution in [0, 0.1) is 0 Å². The normalized spacial score (nSPS) is 16.2. The first-order valence-electron chi connectivity index (χ1n) is 9.33. The minimum atomic E-state index is -0.106. The van der Waals surface area contributed by atoms with E-state index < -0.39 is 0 Å². The number of aliphatic hydroxyl groups excluding tert-OH is 1. The van der Waals surface area contributed by atoms with E-state index in [0.717, 1.165) is 11.1 Å². The molecule has 2 amide bonds. The third-order valence-corrected chi connectivity index (χ3v) is 5.68. The lowest BCUT2D eigenvalue weighted by atomic mass is 10.1. The molecule has 1 aliphatic rings. The molecular weight excluding hydrogens is 392 g/mol. The van der Waals surface area contributed by atoms with Gasteiger partial charge in [0.1, 0.15) is 4.32 Å². The summed E-state index contributed by atoms with van der Waals surface area (Å²) in [7, 11) is 0. The van der Waals surface area contributed by atoms with E-state index in [1.54, 1.807) is 9.80 Å². The number of likely N-dealkylation sites (N-methyl/N-ethyl adjacent to an activating group) is 1. The number of thioether (sulfide) groups is 1. The number of thiocarbonyl (C=S) groups is 1. The van der Waals surface area contributed by atoms with Crippen molar-refractivity contribution in [3.63, 3.8) is 0 Å². The first-order chi connectivity index (χ1) is 13.5. The molecule has 1 saturated heterocycles. The van der Waals surface area contributed by atoms with Gasteiger partial charge in [-0.05, 0) is 37.5 Å². The van der Waals surface area contributed by atoms with Crippen molar-refractivity contribution in [3.05, 3.63) is 52.4 Å². The van der Waals surface area contributed by atoms with Crippen LogP contribution in [-0.4, -0.2) is 57.3 Å². The molecule has 0 atom stereocenters. The maximum Gasteiger partial charge on any atom is 0.266 e. The summed E-state index contributed by atoms with van der Waals surface area (Å²) < 4.78 is 0.527. The van der Waals surface area contributed by atoms with Crippen molar-refractivity contribution in [3.8, 4) is 0 Å². The highest BCUT2D eigenvalue weighted by Crippen LogP contribution is 2.32. The number of hydrogen-bond acceptors (Lipinski definition) is 5. The Balaban J connectivity index is 1.94. The van der Waals surface area contributed by atoms with E-state index in [4.69, 9.17) is 17.3 Å². The topological polar surface area (TPSA) is 60.9 Å². The van der Waals surface area contributed by atoms with Crippen molar-refractivity contribution in [2.75, 3.05) is 26.2 Å². The van der Waals surface area contributed by atoms with Crippen molar-refractivity contribution in [2.45, 2.75) is 26.7 Å². The average Bonchev–Trinajstić information content (AvgIpc) is 2.93. The minimum absolute atomic E-state index is 0.0147. The van der Waals surface area contributed by atoms with E-state index in [0.29, 0.717) is 41.7 Å². The third-order valence-electron chi connectivity index (χ3n) is 4.30. The summed E-state index contributed by atoms with van der Waals surface area (Å²) in [6.45, 7) is 5.12. The second kappa shape index (κ2) is 11.1. The SMILES string of the molecule is CCN(CCO)C(=O)CCCN1C(=O)/C(=C/C(C)=C/c2ccccc2)SC1=S. The van der Waals surface area contributed by atoms with E-state index in [9.17, 15) is 9.59 Å². The van der Waals surface area contributed by atoms with Gasteiger partial charge in [0.2, 0.25) is 5.91 Å². The van der Waals surface area contributed by atoms with E-state index >= 15 is 0 Å². The number of carbonyl (C=O) groups excluding carboxylic acids is 2. The lowest BCUT2D eigenvalue weighted by Gasteiger charge is -2.20. The summed E-state index contributed by atoms with van der Waals surface area (Å²) in [5.74, 6) is -0.120. The largest absolute Gasteiger partial charge is 0.395 e. The number of allylic oxidation sites excluding steroid dienone is 2. The Morgan fingerprint density at radius 1 is 1.32 bits per heavy atom. The van der Waals surface area contributed by atoms with E-state index in [2.05, 4.69) is 0 Å². The minimum Gasteiger partial charge on any atom is -0.395 e. The maximum atomic E-state index is 12.7. The lowest BCUT2D eigenvalue weighted by Crippen LogP contribution is -2.34. The summed E-state index contributed by atoms with van der Waals surface area (Å²) in [5, 5.41) is 9.00. The molecule has 0 unspecified atom stereocenters. The first kappa shape index (κ1) is 22.3. The zero-order valence-electron chi connectivity index (χ0n) is 16.3. The second-order valence-electron chi connectivity index (χ2n) is 6.43. The molecule has 1 heterocycles. The number of benzene rings is 1. The third kappa shape index (κ3) is 6.29. The summed E-state index contributed by atoms with van der Waals surface area (Å²) in [6, 6.07) is 9.93. The number of nitrogens with zero attached hydrogens (tertiary/aromatic N) is 2. The van der Waals surface area contributed by atoms with Crippen molar-refractivity contribution < 1.29 is 14.7 Å². The highest BCUT2D eigenvalue weighted by Gasteiger charge is 2.31. The Hall–Kier alpha value is -1.96. The van der Waals surface area contributed by atoms with Gasteiger partial charge in [0.05, 0.1) is 11.5 Å². The van der Waals surface area contributed by atoms with Crippen LogP contribution >= 0.6 is 24.0 Å². The van der Waals surface area contributed by atoms with E-state index in [-0.39, 0.29) is 18.4 Å². The standard InChI is InChI=1S/C21H26N2O3S2/c1-3-22(12-13-24)19(25)10-7-11-23-20(26)18(28-21(23)27)15-16(2)14-17-8-5-4-6-9-17/h4-6,8-9,14-15,24H,3,7,10-13H2,1-2H3/b16-14+,18-15-. The van der Waals surface area contributed by atoms with Gasteiger partial charge in [-0.1, -0.05) is 60.4 Å². The molecule has 1 aromatic rings. The van der Waals surface area contributed by atoms with Crippen LogP contribution in [0.3, 0.4) is 0 Å². The van der Waals surface area contributed by atoms with Crippen LogP contribution in [0.4, 0.5) is 0 Å². The smallest absolute Gasteiger partial charge is 0.266 e. The zero-order valence-corrected chi connectivity index (χ0v) is 17.9. The summed E-state index contributed by atoms with van der Waals surface area (Å²) in [4.78, 5) is 28.6. The highest BCUT2D eigenvalue weighted by atomic mass is 32.2. The molecule has 0 aromatic heterocycles. The second-order valence-corrected chi connectivity index (χ2v) is 8.11. The van der Waals surface area contributed by atoms with Crippen molar-refractivity contribution in [1.29, 1.82) is 0 Å². The Morgan fingerprint density at radius 3 is 2.68 bits per heavy atom. The molecule has 0 radical (unpaired) electrons. The first-order valence-corrected chi connectivity index (χ1v) is 10.6. The van der Waals surface area contributed by atoms with Gasteiger partial charge >= 0.3 is 0 Å². The molecule has 0 spiro atoms. The predicted octanol–water partition coefficient (Wildman–Crippen LogP) is 3.46. The molecule has 7 heteroatoms. The maximum absolute atomic E-state index is 12.7. The Kier molecular flexibility index (Phi) is 8.89. The van der Waals surface area contributed by atoms with Crippen LogP contribution in [0.5, 0.6) is 0 Å². The molecule has 28 heavy (non-hydrogen) atoms. The van der Waals surface area contributed by atoms with Crippen LogP contribution in [0.2, 0.25) is 0 Å². The van der Waals surface area contributed by atoms with Gasteiger partial charge in [-0.2, -0.15) is 0 Å². The average molecular weight is 419 g/mol. The molecule has 1 aliphatic heterocycles. The molecule has 2 rings (SSSR count). The van der Waals surface area contributed by atoms with Gasteiger partial charge in [0.15, 0.2) is 0 Å². The van der Waals surface area contributed by atoms with Crippen LogP contribution in [0.25, 0.3) is 6.08 Å². The molecular formula is C21H26N2O3S2. The zero-order chi connectivity index (χ0) is 20.5. The Labute approximate surface area is 176 Å². The van der Waals surface area contributed by atoms with E-state index in [1.165, 1.54) is 11.8 Å². The number of hydrogen-bond donors (Lipinski definition) is 1. The molecule has 1 N–H and O–H groups in total. The lowest BCUT2D eigenvalue weighted by molar-refractivity contribution is -0.132. The number of carbonyl (C=O) groups is 2. The van der Waals surface area contributed by atoms with Gasteiger partial charge in [0, 0.05) is 26.1 Å². The number of rotatable bonds is 9. The molecule has 0 bridgehead atoms. The molecule has 0 aliphatic carbocycles. The number of amides is 2. The van der Waals surface area contributed by atoms with Crippen LogP contribution in [0.15, 0.2) is 46.9 Å². The molecule has 1 aromatic carbocycles. The Morgan fingerprint density at radius 2 is 2.04 bits per heavy atom. The number of aliphatic hydroxyl groups is 1. The van der Waals surface area contributed by atoms with Gasteiger partial charge < -0.3 is 10.0 Å². The fourth-order valence-electron chi connectivity index (χ4n) is 2.88. The van der Waals surface area contributed by atoms with Gasteiger partial charge in [-0.25, -0.2) is 0 Å². The summed E-state index contributed by atoms with van der Waals surface area (Å²) >= 11 is 6.65. The molecule has 0 saturated carbocycles. The van der Waals surface area contributed by atoms with Crippen LogP contribution in [0.1, 0.15) is 32.3 Å². The summed E-state index contributed by atoms with van der Waals surface area (Å²) in [6.07, 6.45) is 4.75. The molecule has 5 nitrogen and oxygen atoms in total. The van der Waals surface area contributed by atoms with Gasteiger partial charge in [-0.3, -0.25) is 14.5 Å². The summed E-state index contributed by atoms with van der Waals surface area (Å²) in [5.41, 5.74) is 2.05. The predicted molar refractivity (Wildman–Crippen MR) is 119 cm³/mol. The monoisotopic (exact) mass is 418 g/mol. The molecule has 150 valence electrons. The fraction of sp³-hybridized carbons (Fsp3) is 0.381. The quantitative estimate of drug-likeness (QED) is 0.492. The van der Waals surface area contributed by atoms with Gasteiger partial charge in [0.25, 0.3) is 5.91 Å². The van der Waals surface area contributed by atoms with Crippen molar-refractivity contribution in [1.82, 2.24) is 9.80 Å². The Bertz CT molecular complexity index is 775. The molecule has 1 fully saturated rings. The van der Waals surface area contributed by atoms with Crippen LogP contribution < -0.4 is 0 Å². The van der Waals surface area contributed by atoms with Crippen molar-refractivity contribution in [2.24, 2.45) is 0 Å². The van der Waals surface area contributed by atoms with E-state index in [1.807, 2.05) is 56.3 Å². The highest BCUT2D eigenvalue weighted by molar-refractivity contribution is 8.26. The van der Waals surface area contributed by atoms with Gasteiger partial charge in [-0.15, -0.1) is 0 Å². The van der Waals surface area contributed by atoms with Crippen molar-refractivity contribution >= 4 is 46.2 Å².